The Balaban J connectivity index is 2.76. The van der Waals surface area contributed by atoms with Crippen molar-refractivity contribution in [3.63, 3.8) is 0 Å². The maximum atomic E-state index is 5.17. The predicted molar refractivity (Wildman–Crippen MR) is 67.4 cm³/mol. The van der Waals surface area contributed by atoms with E-state index in [0.29, 0.717) is 5.92 Å². The lowest BCUT2D eigenvalue weighted by Gasteiger charge is -2.09. The SMILES string of the molecule is COc1ccc(CC(C)CS)cc1Br. The normalized spacial score (nSPS) is 12.6. The van der Waals surface area contributed by atoms with Crippen molar-refractivity contribution in [1.82, 2.24) is 0 Å². The van der Waals surface area contributed by atoms with Crippen LogP contribution in [0, 0.1) is 5.92 Å². The first-order valence-electron chi connectivity index (χ1n) is 4.60. The van der Waals surface area contributed by atoms with Crippen LogP contribution in [0.4, 0.5) is 0 Å². The topological polar surface area (TPSA) is 9.23 Å². The Labute approximate surface area is 99.4 Å². The largest absolute Gasteiger partial charge is 0.496 e. The number of ether oxygens (including phenoxy) is 1. The van der Waals surface area contributed by atoms with Gasteiger partial charge in [-0.2, -0.15) is 12.6 Å². The summed E-state index contributed by atoms with van der Waals surface area (Å²) in [6, 6.07) is 6.20. The molecule has 0 spiro atoms. The van der Waals surface area contributed by atoms with Crippen LogP contribution < -0.4 is 4.74 Å². The van der Waals surface area contributed by atoms with Crippen LogP contribution in [-0.4, -0.2) is 12.9 Å². The van der Waals surface area contributed by atoms with Crippen LogP contribution in [0.1, 0.15) is 12.5 Å². The van der Waals surface area contributed by atoms with Crippen LogP contribution in [0.15, 0.2) is 22.7 Å². The zero-order valence-electron chi connectivity index (χ0n) is 8.46. The van der Waals surface area contributed by atoms with E-state index in [0.717, 1.165) is 22.4 Å². The van der Waals surface area contributed by atoms with Crippen molar-refractivity contribution < 1.29 is 4.74 Å². The summed E-state index contributed by atoms with van der Waals surface area (Å²) in [6.07, 6.45) is 1.06. The smallest absolute Gasteiger partial charge is 0.133 e. The predicted octanol–water partition coefficient (Wildman–Crippen LogP) is 3.57. The van der Waals surface area contributed by atoms with Crippen LogP contribution in [0.3, 0.4) is 0 Å². The molecule has 0 amide bonds. The van der Waals surface area contributed by atoms with Crippen LogP contribution in [0.5, 0.6) is 5.75 Å². The number of benzene rings is 1. The van der Waals surface area contributed by atoms with Crippen molar-refractivity contribution in [3.8, 4) is 5.75 Å². The Morgan fingerprint density at radius 1 is 1.50 bits per heavy atom. The highest BCUT2D eigenvalue weighted by Crippen LogP contribution is 2.26. The first-order valence-corrected chi connectivity index (χ1v) is 6.03. The van der Waals surface area contributed by atoms with E-state index < -0.39 is 0 Å². The molecule has 1 aromatic carbocycles. The van der Waals surface area contributed by atoms with Crippen LogP contribution in [-0.2, 0) is 6.42 Å². The molecule has 1 aromatic rings. The minimum Gasteiger partial charge on any atom is -0.496 e. The van der Waals surface area contributed by atoms with E-state index in [1.807, 2.05) is 6.07 Å². The van der Waals surface area contributed by atoms with E-state index in [1.54, 1.807) is 7.11 Å². The van der Waals surface area contributed by atoms with Crippen molar-refractivity contribution >= 4 is 28.6 Å². The number of halogens is 1. The van der Waals surface area contributed by atoms with E-state index >= 15 is 0 Å². The molecule has 0 aromatic heterocycles. The molecule has 1 unspecified atom stereocenters. The molecule has 0 aliphatic carbocycles. The van der Waals surface area contributed by atoms with Gasteiger partial charge in [0.25, 0.3) is 0 Å². The third-order valence-electron chi connectivity index (χ3n) is 2.11. The molecule has 0 heterocycles. The van der Waals surface area contributed by atoms with Gasteiger partial charge in [0.1, 0.15) is 5.75 Å². The number of hydrogen-bond donors (Lipinski definition) is 1. The van der Waals surface area contributed by atoms with E-state index in [-0.39, 0.29) is 0 Å². The molecule has 0 N–H and O–H groups in total. The summed E-state index contributed by atoms with van der Waals surface area (Å²) < 4.78 is 6.19. The van der Waals surface area contributed by atoms with Gasteiger partial charge in [-0.3, -0.25) is 0 Å². The molecule has 0 saturated carbocycles. The molecule has 14 heavy (non-hydrogen) atoms. The maximum Gasteiger partial charge on any atom is 0.133 e. The first kappa shape index (κ1) is 11.9. The van der Waals surface area contributed by atoms with Gasteiger partial charge < -0.3 is 4.74 Å². The Hall–Kier alpha value is -0.150. The van der Waals surface area contributed by atoms with Crippen molar-refractivity contribution in [2.45, 2.75) is 13.3 Å². The molecule has 0 aliphatic heterocycles. The summed E-state index contributed by atoms with van der Waals surface area (Å²) in [4.78, 5) is 0. The second-order valence-electron chi connectivity index (χ2n) is 3.46. The second-order valence-corrected chi connectivity index (χ2v) is 4.68. The third-order valence-corrected chi connectivity index (χ3v) is 3.36. The molecule has 1 atom stereocenters. The Morgan fingerprint density at radius 2 is 2.21 bits per heavy atom. The van der Waals surface area contributed by atoms with Crippen LogP contribution in [0.25, 0.3) is 0 Å². The number of thiol groups is 1. The minimum atomic E-state index is 0.610. The van der Waals surface area contributed by atoms with Gasteiger partial charge in [0.2, 0.25) is 0 Å². The molecular formula is C11H15BrOS. The lowest BCUT2D eigenvalue weighted by atomic mass is 10.0. The molecule has 1 nitrogen and oxygen atoms in total. The van der Waals surface area contributed by atoms with Crippen molar-refractivity contribution in [2.24, 2.45) is 5.92 Å². The standard InChI is InChI=1S/C11H15BrOS/c1-8(7-14)5-9-3-4-11(13-2)10(12)6-9/h3-4,6,8,14H,5,7H2,1-2H3. The molecule has 0 aliphatic rings. The average molecular weight is 275 g/mol. The third kappa shape index (κ3) is 3.21. The summed E-state index contributed by atoms with van der Waals surface area (Å²) in [5.74, 6) is 2.41. The lowest BCUT2D eigenvalue weighted by Crippen LogP contribution is -2.01. The van der Waals surface area contributed by atoms with E-state index in [2.05, 4.69) is 47.6 Å². The molecule has 1 rings (SSSR count). The fraction of sp³-hybridized carbons (Fsp3) is 0.455. The highest BCUT2D eigenvalue weighted by molar-refractivity contribution is 9.10. The zero-order valence-corrected chi connectivity index (χ0v) is 10.9. The van der Waals surface area contributed by atoms with E-state index in [1.165, 1.54) is 5.56 Å². The minimum absolute atomic E-state index is 0.610. The monoisotopic (exact) mass is 274 g/mol. The summed E-state index contributed by atoms with van der Waals surface area (Å²) in [5.41, 5.74) is 1.32. The number of hydrogen-bond acceptors (Lipinski definition) is 2. The van der Waals surface area contributed by atoms with Gasteiger partial charge in [0, 0.05) is 0 Å². The highest BCUT2D eigenvalue weighted by atomic mass is 79.9. The van der Waals surface area contributed by atoms with Gasteiger partial charge in [0.05, 0.1) is 11.6 Å². The summed E-state index contributed by atoms with van der Waals surface area (Å²) >= 11 is 7.75. The Bertz CT molecular complexity index is 301. The lowest BCUT2D eigenvalue weighted by molar-refractivity contribution is 0.412. The Kier molecular flexibility index (Phi) is 4.82. The summed E-state index contributed by atoms with van der Waals surface area (Å²) in [5, 5.41) is 0. The quantitative estimate of drug-likeness (QED) is 0.826. The number of methoxy groups -OCH3 is 1. The van der Waals surface area contributed by atoms with Crippen molar-refractivity contribution in [3.05, 3.63) is 28.2 Å². The fourth-order valence-electron chi connectivity index (χ4n) is 1.30. The summed E-state index contributed by atoms with van der Waals surface area (Å²) in [7, 11) is 1.68. The van der Waals surface area contributed by atoms with Crippen molar-refractivity contribution in [1.29, 1.82) is 0 Å². The van der Waals surface area contributed by atoms with Crippen LogP contribution in [0.2, 0.25) is 0 Å². The molecular weight excluding hydrogens is 260 g/mol. The van der Waals surface area contributed by atoms with Gasteiger partial charge in [-0.05, 0) is 51.7 Å². The van der Waals surface area contributed by atoms with Gasteiger partial charge in [-0.15, -0.1) is 0 Å². The first-order chi connectivity index (χ1) is 6.67. The fourth-order valence-corrected chi connectivity index (χ4v) is 2.02. The highest BCUT2D eigenvalue weighted by Gasteiger charge is 2.04. The molecule has 3 heteroatoms. The summed E-state index contributed by atoms with van der Waals surface area (Å²) in [6.45, 7) is 2.20. The van der Waals surface area contributed by atoms with E-state index in [4.69, 9.17) is 4.74 Å². The van der Waals surface area contributed by atoms with Gasteiger partial charge in [0.15, 0.2) is 0 Å². The van der Waals surface area contributed by atoms with E-state index in [9.17, 15) is 0 Å². The second kappa shape index (κ2) is 5.66. The molecule has 0 radical (unpaired) electrons. The van der Waals surface area contributed by atoms with Crippen LogP contribution >= 0.6 is 28.6 Å². The molecule has 0 fully saturated rings. The van der Waals surface area contributed by atoms with Gasteiger partial charge in [-0.25, -0.2) is 0 Å². The Morgan fingerprint density at radius 3 is 2.71 bits per heavy atom. The van der Waals surface area contributed by atoms with Crippen molar-refractivity contribution in [2.75, 3.05) is 12.9 Å². The number of rotatable bonds is 4. The maximum absolute atomic E-state index is 5.17. The molecule has 0 saturated heterocycles. The molecule has 78 valence electrons. The van der Waals surface area contributed by atoms with Gasteiger partial charge in [-0.1, -0.05) is 13.0 Å². The average Bonchev–Trinajstić information content (AvgIpc) is 2.18. The molecule has 0 bridgehead atoms. The zero-order chi connectivity index (χ0) is 10.6. The van der Waals surface area contributed by atoms with Gasteiger partial charge >= 0.3 is 0 Å².